The Morgan fingerprint density at radius 2 is 2.44 bits per heavy atom. The van der Waals surface area contributed by atoms with Gasteiger partial charge in [-0.2, -0.15) is 0 Å². The first-order valence-corrected chi connectivity index (χ1v) is 6.06. The van der Waals surface area contributed by atoms with Crippen molar-refractivity contribution in [2.75, 3.05) is 19.8 Å². The predicted octanol–water partition coefficient (Wildman–Crippen LogP) is 0.951. The van der Waals surface area contributed by atoms with E-state index >= 15 is 0 Å². The van der Waals surface area contributed by atoms with Crippen LogP contribution in [0.4, 0.5) is 0 Å². The van der Waals surface area contributed by atoms with E-state index in [1.807, 2.05) is 6.92 Å². The molecule has 16 heavy (non-hydrogen) atoms. The van der Waals surface area contributed by atoms with Crippen LogP contribution in [0.3, 0.4) is 0 Å². The number of carbonyl (C=O) groups excluding carboxylic acids is 1. The molecule has 1 N–H and O–H groups in total. The highest BCUT2D eigenvalue weighted by Gasteiger charge is 2.28. The highest BCUT2D eigenvalue weighted by Crippen LogP contribution is 2.19. The fourth-order valence-corrected chi connectivity index (χ4v) is 2.57. The van der Waals surface area contributed by atoms with E-state index in [4.69, 9.17) is 16.3 Å². The molecule has 1 unspecified atom stereocenters. The second-order valence-electron chi connectivity index (χ2n) is 3.60. The van der Waals surface area contributed by atoms with Crippen LogP contribution >= 0.6 is 23.1 Å². The molecule has 1 saturated heterocycles. The molecule has 2 rings (SSSR count). The molecule has 1 aromatic rings. The number of aromatic amines is 1. The zero-order valence-corrected chi connectivity index (χ0v) is 10.2. The van der Waals surface area contributed by atoms with Crippen molar-refractivity contribution in [2.45, 2.75) is 13.0 Å². The molecule has 88 valence electrons. The molecule has 0 aromatic carbocycles. The van der Waals surface area contributed by atoms with Gasteiger partial charge in [0, 0.05) is 6.54 Å². The summed E-state index contributed by atoms with van der Waals surface area (Å²) in [4.78, 5) is 25.2. The number of morpholine rings is 1. The lowest BCUT2D eigenvalue weighted by atomic mass is 10.2. The second kappa shape index (κ2) is 4.57. The summed E-state index contributed by atoms with van der Waals surface area (Å²) in [6.45, 7) is 3.47. The lowest BCUT2D eigenvalue weighted by Crippen LogP contribution is -2.47. The molecule has 1 fully saturated rings. The van der Waals surface area contributed by atoms with Crippen molar-refractivity contribution in [3.63, 3.8) is 0 Å². The van der Waals surface area contributed by atoms with Crippen LogP contribution in [0, 0.1) is 0 Å². The molecule has 0 saturated carbocycles. The number of nitrogens with zero attached hydrogens (tertiary/aromatic N) is 1. The van der Waals surface area contributed by atoms with Crippen molar-refractivity contribution < 1.29 is 9.53 Å². The molecule has 0 bridgehead atoms. The van der Waals surface area contributed by atoms with Crippen LogP contribution in [-0.2, 0) is 4.74 Å². The summed E-state index contributed by atoms with van der Waals surface area (Å²) >= 11 is 6.74. The van der Waals surface area contributed by atoms with Crippen LogP contribution in [0.2, 0.25) is 5.02 Å². The zero-order valence-electron chi connectivity index (χ0n) is 8.66. The Balaban J connectivity index is 2.24. The van der Waals surface area contributed by atoms with Gasteiger partial charge < -0.3 is 9.64 Å². The Morgan fingerprint density at radius 1 is 1.69 bits per heavy atom. The van der Waals surface area contributed by atoms with E-state index in [0.717, 1.165) is 11.5 Å². The molecule has 2 heterocycles. The highest BCUT2D eigenvalue weighted by molar-refractivity contribution is 7.08. The maximum Gasteiger partial charge on any atom is 0.277 e. The van der Waals surface area contributed by atoms with Crippen LogP contribution in [-0.4, -0.2) is 41.0 Å². The lowest BCUT2D eigenvalue weighted by molar-refractivity contribution is 0.00387. The predicted molar refractivity (Wildman–Crippen MR) is 61.3 cm³/mol. The molecule has 1 amide bonds. The van der Waals surface area contributed by atoms with E-state index in [9.17, 15) is 9.59 Å². The molecule has 7 heteroatoms. The first kappa shape index (κ1) is 11.6. The molecule has 1 aliphatic rings. The monoisotopic (exact) mass is 262 g/mol. The summed E-state index contributed by atoms with van der Waals surface area (Å²) in [7, 11) is 0. The van der Waals surface area contributed by atoms with Gasteiger partial charge in [-0.25, -0.2) is 0 Å². The number of rotatable bonds is 1. The SMILES string of the molecule is CC1COCCN1C(=O)c1s[nH]c(=O)c1Cl. The van der Waals surface area contributed by atoms with E-state index < -0.39 is 5.56 Å². The average molecular weight is 263 g/mol. The Labute approximate surface area is 101 Å². The number of halogens is 1. The van der Waals surface area contributed by atoms with Gasteiger partial charge in [-0.3, -0.25) is 14.0 Å². The van der Waals surface area contributed by atoms with Crippen LogP contribution in [0.1, 0.15) is 16.6 Å². The van der Waals surface area contributed by atoms with E-state index in [0.29, 0.717) is 19.8 Å². The molecule has 0 spiro atoms. The summed E-state index contributed by atoms with van der Waals surface area (Å²) in [5.74, 6) is -0.204. The van der Waals surface area contributed by atoms with Gasteiger partial charge in [0.2, 0.25) is 0 Å². The van der Waals surface area contributed by atoms with Crippen LogP contribution in [0.25, 0.3) is 0 Å². The Morgan fingerprint density at radius 3 is 3.00 bits per heavy atom. The summed E-state index contributed by atoms with van der Waals surface area (Å²) in [5, 5.41) is -0.0197. The average Bonchev–Trinajstić information content (AvgIpc) is 2.60. The number of hydrogen-bond acceptors (Lipinski definition) is 4. The minimum absolute atomic E-state index is 0.00881. The van der Waals surface area contributed by atoms with Crippen molar-refractivity contribution in [2.24, 2.45) is 0 Å². The number of H-pyrrole nitrogens is 1. The van der Waals surface area contributed by atoms with Crippen LogP contribution in [0.15, 0.2) is 4.79 Å². The minimum Gasteiger partial charge on any atom is -0.377 e. The van der Waals surface area contributed by atoms with Gasteiger partial charge in [0.1, 0.15) is 9.90 Å². The van der Waals surface area contributed by atoms with Gasteiger partial charge >= 0.3 is 0 Å². The number of ether oxygens (including phenoxy) is 1. The van der Waals surface area contributed by atoms with Gasteiger partial charge in [-0.15, -0.1) is 0 Å². The Hall–Kier alpha value is -0.850. The van der Waals surface area contributed by atoms with Gasteiger partial charge in [0.05, 0.1) is 19.3 Å². The van der Waals surface area contributed by atoms with E-state index in [1.165, 1.54) is 0 Å². The zero-order chi connectivity index (χ0) is 11.7. The fourth-order valence-electron chi connectivity index (χ4n) is 1.59. The van der Waals surface area contributed by atoms with Gasteiger partial charge in [0.25, 0.3) is 11.5 Å². The van der Waals surface area contributed by atoms with Crippen molar-refractivity contribution in [1.82, 2.24) is 9.27 Å². The van der Waals surface area contributed by atoms with Gasteiger partial charge in [0.15, 0.2) is 0 Å². The van der Waals surface area contributed by atoms with E-state index in [2.05, 4.69) is 4.37 Å². The summed E-state index contributed by atoms with van der Waals surface area (Å²) in [5.41, 5.74) is -0.407. The second-order valence-corrected chi connectivity index (χ2v) is 4.79. The first-order valence-electron chi connectivity index (χ1n) is 4.87. The molecule has 1 aromatic heterocycles. The minimum atomic E-state index is -0.407. The number of carbonyl (C=O) groups is 1. The number of amides is 1. The third-order valence-electron chi connectivity index (χ3n) is 2.47. The molecule has 5 nitrogen and oxygen atoms in total. The molecular formula is C9H11ClN2O3S. The van der Waals surface area contributed by atoms with Crippen molar-refractivity contribution in [3.05, 3.63) is 20.3 Å². The molecular weight excluding hydrogens is 252 g/mol. The Kier molecular flexibility index (Phi) is 3.32. The highest BCUT2D eigenvalue weighted by atomic mass is 35.5. The third kappa shape index (κ3) is 2.00. The summed E-state index contributed by atoms with van der Waals surface area (Å²) in [6, 6.07) is 0.00881. The normalized spacial score (nSPS) is 21.1. The Bertz CT molecular complexity index is 456. The number of hydrogen-bond donors (Lipinski definition) is 1. The molecule has 0 aliphatic carbocycles. The van der Waals surface area contributed by atoms with E-state index in [1.54, 1.807) is 4.90 Å². The standard InChI is InChI=1S/C9H11ClN2O3S/c1-5-4-15-3-2-12(5)9(14)7-6(10)8(13)11-16-7/h5H,2-4H2,1H3,(H,11,13). The topological polar surface area (TPSA) is 62.4 Å². The fraction of sp³-hybridized carbons (Fsp3) is 0.556. The smallest absolute Gasteiger partial charge is 0.277 e. The van der Waals surface area contributed by atoms with Crippen molar-refractivity contribution in [1.29, 1.82) is 0 Å². The molecule has 0 radical (unpaired) electrons. The van der Waals surface area contributed by atoms with Gasteiger partial charge in [-0.1, -0.05) is 23.1 Å². The molecule has 1 aliphatic heterocycles. The number of nitrogens with one attached hydrogen (secondary N) is 1. The summed E-state index contributed by atoms with van der Waals surface area (Å²) < 4.78 is 7.69. The maximum atomic E-state index is 12.1. The lowest BCUT2D eigenvalue weighted by Gasteiger charge is -2.32. The van der Waals surface area contributed by atoms with Crippen molar-refractivity contribution >= 4 is 29.0 Å². The maximum absolute atomic E-state index is 12.1. The largest absolute Gasteiger partial charge is 0.377 e. The van der Waals surface area contributed by atoms with Crippen LogP contribution < -0.4 is 5.56 Å². The first-order chi connectivity index (χ1) is 7.61. The summed E-state index contributed by atoms with van der Waals surface area (Å²) in [6.07, 6.45) is 0. The van der Waals surface area contributed by atoms with Gasteiger partial charge in [-0.05, 0) is 6.92 Å². The third-order valence-corrected chi connectivity index (χ3v) is 3.81. The number of aromatic nitrogens is 1. The molecule has 1 atom stereocenters. The van der Waals surface area contributed by atoms with E-state index in [-0.39, 0.29) is 21.8 Å². The quantitative estimate of drug-likeness (QED) is 0.820. The van der Waals surface area contributed by atoms with Crippen molar-refractivity contribution in [3.8, 4) is 0 Å². The van der Waals surface area contributed by atoms with Crippen LogP contribution in [0.5, 0.6) is 0 Å².